The van der Waals surface area contributed by atoms with E-state index in [1.165, 1.54) is 231 Å². The van der Waals surface area contributed by atoms with Gasteiger partial charge in [-0.05, 0) is 109 Å². The molecule has 5 aromatic carbocycles. The van der Waals surface area contributed by atoms with Gasteiger partial charge in [-0.25, -0.2) is 0 Å². The number of benzene rings is 5. The number of unbranched alkanes of at least 4 members (excludes halogenated alkanes) is 42. The van der Waals surface area contributed by atoms with Gasteiger partial charge in [-0.2, -0.15) is 0 Å². The van der Waals surface area contributed by atoms with Crippen molar-refractivity contribution in [3.8, 4) is 81.1 Å². The first-order valence-electron chi connectivity index (χ1n) is 45.0. The van der Waals surface area contributed by atoms with E-state index in [2.05, 4.69) is 188 Å². The standard InChI is InChI=1S/C100H154O6Si2/c1-13-19-25-31-37-43-49-55-71-101-95-81-87(82-96(102-72-56-50-44-38-32-26-20-14-2)99(95)105-75-59-53-47-41-35-29-23-17-5)63-61-85-65-67-89-91(69-77-107(7,8)9)92(70-78-108(10,11)12)90-68-66-86(80-94(90)93(89)79-85)62-64-88-83-97(103-73-57-51-45-39-33-27-21-15-3)100(106-76-60-54-48-42-36-30-24-18-6)98(84-88)104-74-58-52-46-40-34-28-22-16-4/h65-68,79-84H,13-60,71-76H2,1-12H3. The molecule has 6 nitrogen and oxygen atoms in total. The van der Waals surface area contributed by atoms with E-state index < -0.39 is 16.1 Å². The summed E-state index contributed by atoms with van der Waals surface area (Å²) in [7, 11) is -3.66. The fourth-order valence-electron chi connectivity index (χ4n) is 13.9. The number of hydrogen-bond donors (Lipinski definition) is 0. The monoisotopic (exact) mass is 1510 g/mol. The smallest absolute Gasteiger partial charge is 0.203 e. The van der Waals surface area contributed by atoms with Crippen molar-refractivity contribution < 1.29 is 28.4 Å². The zero-order valence-corrected chi connectivity index (χ0v) is 73.4. The molecule has 0 aliphatic carbocycles. The molecule has 0 saturated heterocycles. The summed E-state index contributed by atoms with van der Waals surface area (Å²) < 4.78 is 40.9. The highest BCUT2D eigenvalue weighted by molar-refractivity contribution is 6.84. The fraction of sp³-hybridized carbons (Fsp3) is 0.660. The average molecular weight is 1510 g/mol. The first kappa shape index (κ1) is 92.7. The topological polar surface area (TPSA) is 55.4 Å². The van der Waals surface area contributed by atoms with Crippen molar-refractivity contribution in [2.75, 3.05) is 39.6 Å². The maximum absolute atomic E-state index is 6.83. The van der Waals surface area contributed by atoms with Gasteiger partial charge in [0.15, 0.2) is 23.0 Å². The Morgan fingerprint density at radius 2 is 0.417 bits per heavy atom. The van der Waals surface area contributed by atoms with Crippen LogP contribution in [0.2, 0.25) is 39.3 Å². The van der Waals surface area contributed by atoms with E-state index in [0.717, 1.165) is 166 Å². The molecule has 0 aliphatic heterocycles. The Morgan fingerprint density at radius 1 is 0.213 bits per heavy atom. The van der Waals surface area contributed by atoms with Crippen molar-refractivity contribution in [3.63, 3.8) is 0 Å². The van der Waals surface area contributed by atoms with Crippen LogP contribution in [0.1, 0.15) is 383 Å². The molecule has 5 aromatic rings. The van der Waals surface area contributed by atoms with Crippen LogP contribution >= 0.6 is 0 Å². The molecule has 0 radical (unpaired) electrons. The van der Waals surface area contributed by atoms with Crippen LogP contribution in [-0.4, -0.2) is 55.8 Å². The maximum atomic E-state index is 6.83. The van der Waals surface area contributed by atoms with Gasteiger partial charge in [0, 0.05) is 33.4 Å². The molecule has 0 aromatic heterocycles. The van der Waals surface area contributed by atoms with Crippen LogP contribution in [0, 0.1) is 46.6 Å². The highest BCUT2D eigenvalue weighted by Crippen LogP contribution is 2.42. The average Bonchev–Trinajstić information content (AvgIpc) is 0.745. The Morgan fingerprint density at radius 3 is 0.639 bits per heavy atom. The first-order chi connectivity index (χ1) is 52.7. The molecule has 0 fully saturated rings. The highest BCUT2D eigenvalue weighted by atomic mass is 28.3. The summed E-state index contributed by atoms with van der Waals surface area (Å²) >= 11 is 0. The van der Waals surface area contributed by atoms with E-state index in [9.17, 15) is 0 Å². The second kappa shape index (κ2) is 58.0. The van der Waals surface area contributed by atoms with Crippen LogP contribution in [0.15, 0.2) is 60.7 Å². The molecule has 0 aliphatic rings. The van der Waals surface area contributed by atoms with Crippen molar-refractivity contribution in [1.29, 1.82) is 0 Å². The molecule has 0 atom stereocenters. The van der Waals surface area contributed by atoms with Crippen LogP contribution in [0.4, 0.5) is 0 Å². The summed E-state index contributed by atoms with van der Waals surface area (Å²) in [6, 6.07) is 21.8. The third-order valence-electron chi connectivity index (χ3n) is 20.5. The lowest BCUT2D eigenvalue weighted by Crippen LogP contribution is -2.17. The van der Waals surface area contributed by atoms with Gasteiger partial charge in [0.1, 0.15) is 16.1 Å². The molecule has 0 bridgehead atoms. The highest BCUT2D eigenvalue weighted by Gasteiger charge is 2.21. The fourth-order valence-corrected chi connectivity index (χ4v) is 14.9. The molecule has 0 saturated carbocycles. The van der Waals surface area contributed by atoms with E-state index in [0.29, 0.717) is 39.6 Å². The minimum Gasteiger partial charge on any atom is -0.490 e. The van der Waals surface area contributed by atoms with Gasteiger partial charge in [0.2, 0.25) is 11.5 Å². The zero-order chi connectivity index (χ0) is 77.4. The first-order valence-corrected chi connectivity index (χ1v) is 52.0. The number of fused-ring (bicyclic) bond motifs is 3. The van der Waals surface area contributed by atoms with Crippen LogP contribution in [0.25, 0.3) is 21.5 Å². The summed E-state index contributed by atoms with van der Waals surface area (Å²) in [5.74, 6) is 26.6. The third-order valence-corrected chi connectivity index (χ3v) is 22.2. The van der Waals surface area contributed by atoms with Crippen LogP contribution in [-0.2, 0) is 0 Å². The molecule has 0 spiro atoms. The number of hydrogen-bond acceptors (Lipinski definition) is 6. The Balaban J connectivity index is 1.65. The SMILES string of the molecule is CCCCCCCCCCOc1cc(C#Cc2ccc3c(C#C[Si](C)(C)C)c(C#C[Si](C)(C)C)c4ccc(C#Cc5cc(OCCCCCCCCCC)c(OCCCCCCCCCC)c(OCCCCCCCCCC)c5)cc4c3c2)cc(OCCCCCCCCCC)c1OCCCCCCCCCC. The van der Waals surface area contributed by atoms with E-state index in [4.69, 9.17) is 28.4 Å². The molecule has 0 N–H and O–H groups in total. The predicted molar refractivity (Wildman–Crippen MR) is 475 cm³/mol. The van der Waals surface area contributed by atoms with E-state index in [1.807, 2.05) is 0 Å². The molecule has 598 valence electrons. The number of rotatable bonds is 60. The van der Waals surface area contributed by atoms with Gasteiger partial charge in [0.25, 0.3) is 0 Å². The molecule has 0 unspecified atom stereocenters. The lowest BCUT2D eigenvalue weighted by atomic mass is 9.90. The van der Waals surface area contributed by atoms with Crippen molar-refractivity contribution >= 4 is 37.7 Å². The molecule has 0 heterocycles. The molecule has 5 rings (SSSR count). The largest absolute Gasteiger partial charge is 0.490 e. The summed E-state index contributed by atoms with van der Waals surface area (Å²) in [6.45, 7) is 31.4. The van der Waals surface area contributed by atoms with E-state index in [1.54, 1.807) is 0 Å². The lowest BCUT2D eigenvalue weighted by molar-refractivity contribution is 0.234. The van der Waals surface area contributed by atoms with E-state index in [-0.39, 0.29) is 0 Å². The molecule has 8 heteroatoms. The van der Waals surface area contributed by atoms with Gasteiger partial charge in [0.05, 0.1) is 39.6 Å². The second-order valence-electron chi connectivity index (χ2n) is 33.3. The zero-order valence-electron chi connectivity index (χ0n) is 71.4. The van der Waals surface area contributed by atoms with Gasteiger partial charge >= 0.3 is 0 Å². The third kappa shape index (κ3) is 40.3. The molecule has 0 amide bonds. The Labute approximate surface area is 665 Å². The van der Waals surface area contributed by atoms with E-state index >= 15 is 0 Å². The quantitative estimate of drug-likeness (QED) is 0.0167. The van der Waals surface area contributed by atoms with Crippen molar-refractivity contribution in [1.82, 2.24) is 0 Å². The Hall–Kier alpha value is -5.91. The van der Waals surface area contributed by atoms with Gasteiger partial charge in [-0.3, -0.25) is 0 Å². The van der Waals surface area contributed by atoms with Crippen molar-refractivity contribution in [3.05, 3.63) is 94.0 Å². The van der Waals surface area contributed by atoms with Crippen LogP contribution in [0.5, 0.6) is 34.5 Å². The van der Waals surface area contributed by atoms with Gasteiger partial charge in [-0.1, -0.05) is 398 Å². The van der Waals surface area contributed by atoms with Crippen molar-refractivity contribution in [2.24, 2.45) is 0 Å². The predicted octanol–water partition coefficient (Wildman–Crippen LogP) is 30.4. The molecule has 108 heavy (non-hydrogen) atoms. The van der Waals surface area contributed by atoms with Gasteiger partial charge < -0.3 is 28.4 Å². The maximum Gasteiger partial charge on any atom is 0.203 e. The normalized spacial score (nSPS) is 11.4. The van der Waals surface area contributed by atoms with Crippen LogP contribution in [0.3, 0.4) is 0 Å². The van der Waals surface area contributed by atoms with Crippen molar-refractivity contribution in [2.45, 2.75) is 389 Å². The Kier molecular flexibility index (Phi) is 49.8. The van der Waals surface area contributed by atoms with Crippen LogP contribution < -0.4 is 28.4 Å². The summed E-state index contributed by atoms with van der Waals surface area (Å²) in [5.41, 5.74) is 13.0. The Bertz CT molecular complexity index is 3190. The number of ether oxygens (including phenoxy) is 6. The molecular weight excluding hydrogens is 1350 g/mol. The minimum atomic E-state index is -1.83. The lowest BCUT2D eigenvalue weighted by Gasteiger charge is -2.18. The van der Waals surface area contributed by atoms with Gasteiger partial charge in [-0.15, -0.1) is 11.1 Å². The molecular formula is C100H154O6Si2. The second-order valence-corrected chi connectivity index (χ2v) is 42.8. The summed E-state index contributed by atoms with van der Waals surface area (Å²) in [4.78, 5) is 0. The summed E-state index contributed by atoms with van der Waals surface area (Å²) in [5, 5.41) is 4.32. The summed E-state index contributed by atoms with van der Waals surface area (Å²) in [6.07, 6.45) is 59.6. The minimum absolute atomic E-state index is 0.624.